The van der Waals surface area contributed by atoms with Crippen LogP contribution in [0.4, 0.5) is 0 Å². The SMILES string of the molecule is C1=CC2CC1C1CCCC21.CC1(C)CC2C=CC1C2.CC1CC2C=CC1C2.CCC1(C)CC2C=CC1C2.CCC1CC2C=CC1C2.CCCC1CC2C=CC1C2. The molecule has 0 heteroatoms. The molecule has 0 aromatic heterocycles. The Morgan fingerprint density at radius 2 is 0.982 bits per heavy atom. The van der Waals surface area contributed by atoms with Crippen LogP contribution in [0.1, 0.15) is 164 Å². The smallest absolute Gasteiger partial charge is 0.0174 e. The maximum absolute atomic E-state index is 2.48. The van der Waals surface area contributed by atoms with E-state index in [1.54, 1.807) is 0 Å². The van der Waals surface area contributed by atoms with Crippen LogP contribution < -0.4 is 0 Å². The van der Waals surface area contributed by atoms with Gasteiger partial charge in [-0.25, -0.2) is 0 Å². The molecule has 18 atom stereocenters. The van der Waals surface area contributed by atoms with Gasteiger partial charge in [0.1, 0.15) is 0 Å². The minimum Gasteiger partial charge on any atom is -0.0851 e. The van der Waals surface area contributed by atoms with Gasteiger partial charge in [-0.3, -0.25) is 0 Å². The Bertz CT molecular complexity index is 1460. The molecule has 0 spiro atoms. The average Bonchev–Trinajstić information content (AvgIpc) is 4.02. The van der Waals surface area contributed by atoms with Crippen LogP contribution >= 0.6 is 0 Å². The summed E-state index contributed by atoms with van der Waals surface area (Å²) in [6, 6.07) is 0. The van der Waals surface area contributed by atoms with Gasteiger partial charge in [-0.05, 0) is 195 Å². The van der Waals surface area contributed by atoms with Crippen LogP contribution in [-0.2, 0) is 0 Å². The number of fused-ring (bicyclic) bond motifs is 15. The van der Waals surface area contributed by atoms with Crippen LogP contribution in [0.2, 0.25) is 0 Å². The summed E-state index contributed by atoms with van der Waals surface area (Å²) >= 11 is 0. The second-order valence-corrected chi connectivity index (χ2v) is 23.1. The first-order valence-electron chi connectivity index (χ1n) is 25.1. The van der Waals surface area contributed by atoms with Crippen LogP contribution in [0.15, 0.2) is 72.9 Å². The average molecular weight is 759 g/mol. The van der Waals surface area contributed by atoms with Gasteiger partial charge >= 0.3 is 0 Å². The molecule has 56 heavy (non-hydrogen) atoms. The summed E-state index contributed by atoms with van der Waals surface area (Å²) in [4.78, 5) is 0. The Balaban J connectivity index is 0.0000000947. The van der Waals surface area contributed by atoms with Crippen molar-refractivity contribution in [2.24, 2.45) is 111 Å². The molecule has 0 amide bonds. The third-order valence-corrected chi connectivity index (χ3v) is 19.1. The highest BCUT2D eigenvalue weighted by Gasteiger charge is 2.46. The van der Waals surface area contributed by atoms with Gasteiger partial charge in [0, 0.05) is 0 Å². The molecule has 0 aromatic rings. The molecular weight excluding hydrogens is 673 g/mol. The van der Waals surface area contributed by atoms with Crippen molar-refractivity contribution in [1.82, 2.24) is 0 Å². The molecule has 13 aliphatic rings. The first kappa shape index (κ1) is 41.2. The molecule has 0 N–H and O–H groups in total. The van der Waals surface area contributed by atoms with Crippen molar-refractivity contribution in [3.05, 3.63) is 72.9 Å². The highest BCUT2D eigenvalue weighted by molar-refractivity contribution is 5.16. The lowest BCUT2D eigenvalue weighted by atomic mass is 9.76. The number of hydrogen-bond donors (Lipinski definition) is 0. The quantitative estimate of drug-likeness (QED) is 0.251. The van der Waals surface area contributed by atoms with Crippen molar-refractivity contribution >= 4 is 0 Å². The Kier molecular flexibility index (Phi) is 12.9. The van der Waals surface area contributed by atoms with Crippen LogP contribution in [0.3, 0.4) is 0 Å². The van der Waals surface area contributed by atoms with Gasteiger partial charge in [-0.2, -0.15) is 0 Å². The monoisotopic (exact) mass is 759 g/mol. The summed E-state index contributed by atoms with van der Waals surface area (Å²) in [6.45, 7) is 16.5. The van der Waals surface area contributed by atoms with Gasteiger partial charge in [0.15, 0.2) is 0 Å². The van der Waals surface area contributed by atoms with Crippen molar-refractivity contribution in [3.8, 4) is 0 Å². The first-order valence-corrected chi connectivity index (χ1v) is 25.1. The van der Waals surface area contributed by atoms with E-state index < -0.39 is 0 Å². The molecule has 0 radical (unpaired) electrons. The molecule has 0 aromatic carbocycles. The number of rotatable bonds is 4. The fraction of sp³-hybridized carbons (Fsp3) is 0.786. The van der Waals surface area contributed by atoms with Crippen LogP contribution in [0, 0.1) is 111 Å². The normalized spacial score (nSPS) is 48.6. The van der Waals surface area contributed by atoms with E-state index >= 15 is 0 Å². The van der Waals surface area contributed by atoms with Gasteiger partial charge in [0.25, 0.3) is 0 Å². The summed E-state index contributed by atoms with van der Waals surface area (Å²) in [5.41, 5.74) is 1.29. The van der Waals surface area contributed by atoms with E-state index in [4.69, 9.17) is 0 Å². The fourth-order valence-corrected chi connectivity index (χ4v) is 15.4. The van der Waals surface area contributed by atoms with Gasteiger partial charge in [-0.15, -0.1) is 0 Å². The molecule has 0 aliphatic heterocycles. The summed E-state index contributed by atoms with van der Waals surface area (Å²) in [5, 5.41) is 0. The molecule has 0 saturated heterocycles. The predicted molar refractivity (Wildman–Crippen MR) is 242 cm³/mol. The molecule has 0 nitrogen and oxygen atoms in total. The molecule has 13 aliphatic carbocycles. The maximum atomic E-state index is 2.48. The van der Waals surface area contributed by atoms with Gasteiger partial charge in [0.2, 0.25) is 0 Å². The second-order valence-electron chi connectivity index (χ2n) is 23.1. The van der Waals surface area contributed by atoms with Crippen molar-refractivity contribution in [2.45, 2.75) is 164 Å². The Labute approximate surface area is 347 Å². The fourth-order valence-electron chi connectivity index (χ4n) is 15.4. The lowest BCUT2D eigenvalue weighted by Crippen LogP contribution is -2.20. The van der Waals surface area contributed by atoms with E-state index in [9.17, 15) is 0 Å². The zero-order chi connectivity index (χ0) is 39.0. The summed E-state index contributed by atoms with van der Waals surface area (Å²) in [6.07, 6.45) is 55.5. The van der Waals surface area contributed by atoms with Crippen molar-refractivity contribution < 1.29 is 0 Å². The van der Waals surface area contributed by atoms with Gasteiger partial charge in [0.05, 0.1) is 0 Å². The largest absolute Gasteiger partial charge is 0.0851 e. The van der Waals surface area contributed by atoms with E-state index in [2.05, 4.69) is 121 Å². The van der Waals surface area contributed by atoms with Gasteiger partial charge < -0.3 is 0 Å². The Morgan fingerprint density at radius 1 is 0.464 bits per heavy atom. The van der Waals surface area contributed by atoms with E-state index in [1.807, 2.05) is 0 Å². The van der Waals surface area contributed by atoms with Crippen LogP contribution in [-0.4, -0.2) is 0 Å². The number of hydrogen-bond acceptors (Lipinski definition) is 0. The molecule has 7 fully saturated rings. The molecule has 12 bridgehead atoms. The molecule has 7 saturated carbocycles. The van der Waals surface area contributed by atoms with Crippen molar-refractivity contribution in [2.75, 3.05) is 0 Å². The minimum atomic E-state index is 0.624. The topological polar surface area (TPSA) is 0 Å². The van der Waals surface area contributed by atoms with Crippen molar-refractivity contribution in [1.29, 1.82) is 0 Å². The lowest BCUT2D eigenvalue weighted by molar-refractivity contribution is 0.251. The van der Waals surface area contributed by atoms with E-state index in [0.717, 1.165) is 101 Å². The van der Waals surface area contributed by atoms with Crippen LogP contribution in [0.5, 0.6) is 0 Å². The highest BCUT2D eigenvalue weighted by Crippen LogP contribution is 2.56. The third kappa shape index (κ3) is 8.96. The zero-order valence-electron chi connectivity index (χ0n) is 37.5. The third-order valence-electron chi connectivity index (χ3n) is 19.1. The molecular formula is C56H86. The van der Waals surface area contributed by atoms with Crippen LogP contribution in [0.25, 0.3) is 0 Å². The van der Waals surface area contributed by atoms with E-state index in [0.29, 0.717) is 10.8 Å². The standard InChI is InChI=1S/C10H14.2C10H16.2C9H14.C8H12/c1-2-9-7-4-5-8(6-7)10(9)3-1;1-3-10(2)7-8-4-5-9(10)6-8;1-2-3-9-6-8-4-5-10(9)7-8;1-9(2)6-7-3-4-8(9)5-7;1-2-8-5-7-3-4-9(8)6-7;1-6-4-7-2-3-8(6)5-7/h4-5,7-10H,1-3,6H2;4-5,8-9H,3,6-7H2,1-2H3;4-5,8-10H,2-3,6-7H2,1H3;3-4,7-8H,5-6H2,1-2H3;3-4,7-9H,2,5-6H2,1H3;2-3,6-8H,4-5H2,1H3. The van der Waals surface area contributed by atoms with Crippen molar-refractivity contribution in [3.63, 3.8) is 0 Å². The Morgan fingerprint density at radius 3 is 1.29 bits per heavy atom. The van der Waals surface area contributed by atoms with E-state index in [1.165, 1.54) is 116 Å². The highest BCUT2D eigenvalue weighted by atomic mass is 14.5. The predicted octanol–water partition coefficient (Wildman–Crippen LogP) is 16.0. The summed E-state index contributed by atoms with van der Waals surface area (Å²) < 4.78 is 0. The molecule has 13 rings (SSSR count). The summed E-state index contributed by atoms with van der Waals surface area (Å²) in [7, 11) is 0. The minimum absolute atomic E-state index is 0.624. The molecule has 0 heterocycles. The summed E-state index contributed by atoms with van der Waals surface area (Å²) in [5.74, 6) is 16.9. The maximum Gasteiger partial charge on any atom is -0.0174 e. The van der Waals surface area contributed by atoms with E-state index in [-0.39, 0.29) is 0 Å². The molecule has 18 unspecified atom stereocenters. The second kappa shape index (κ2) is 17.6. The first-order chi connectivity index (χ1) is 27.0. The lowest BCUT2D eigenvalue weighted by Gasteiger charge is -2.29. The zero-order valence-corrected chi connectivity index (χ0v) is 37.5. The van der Waals surface area contributed by atoms with Gasteiger partial charge in [-0.1, -0.05) is 153 Å². The Hall–Kier alpha value is -1.56. The molecule has 310 valence electrons. The number of allylic oxidation sites excluding steroid dienone is 12.